The van der Waals surface area contributed by atoms with E-state index in [4.69, 9.17) is 5.21 Å². The van der Waals surface area contributed by atoms with Crippen LogP contribution in [-0.4, -0.2) is 10.4 Å². The molecule has 0 saturated carbocycles. The summed E-state index contributed by atoms with van der Waals surface area (Å²) in [6, 6.07) is 1.72. The summed E-state index contributed by atoms with van der Waals surface area (Å²) in [4.78, 5) is 0. The van der Waals surface area contributed by atoms with Crippen molar-refractivity contribution in [1.82, 2.24) is 5.16 Å². The molecule has 4 nitrogen and oxygen atoms in total. The van der Waals surface area contributed by atoms with E-state index in [-0.39, 0.29) is 0 Å². The lowest BCUT2D eigenvalue weighted by atomic mass is 10.8. The smallest absolute Gasteiger partial charge is 0.123 e. The molecule has 0 unspecified atom stereocenters. The lowest BCUT2D eigenvalue weighted by Gasteiger charge is -1.48. The molecule has 0 bridgehead atoms. The molecule has 0 aliphatic heterocycles. The summed E-state index contributed by atoms with van der Waals surface area (Å²) in [5, 5.41) is 9.85. The van der Waals surface area contributed by atoms with Crippen molar-refractivity contribution < 1.29 is 9.73 Å². The Balaban J connectivity index is 0.000000162. The zero-order valence-corrected chi connectivity index (χ0v) is 3.61. The molecule has 3 N–H and O–H groups in total. The zero-order valence-electron chi connectivity index (χ0n) is 3.61. The first-order valence-electron chi connectivity index (χ1n) is 1.60. The van der Waals surface area contributed by atoms with Gasteiger partial charge in [0.15, 0.2) is 0 Å². The van der Waals surface area contributed by atoms with Crippen LogP contribution in [0.5, 0.6) is 0 Å². The molecule has 1 aromatic heterocycles. The highest BCUT2D eigenvalue weighted by atomic mass is 16.5. The van der Waals surface area contributed by atoms with E-state index >= 15 is 0 Å². The first-order chi connectivity index (χ1) is 3.50. The molecular formula is C3H6N2O2. The normalized spacial score (nSPS) is 6.57. The fraction of sp³-hybridized carbons (Fsp3) is 0. The van der Waals surface area contributed by atoms with Crippen molar-refractivity contribution in [2.75, 3.05) is 0 Å². The summed E-state index contributed by atoms with van der Waals surface area (Å²) < 4.78 is 4.33. The largest absolute Gasteiger partial charge is 0.365 e. The monoisotopic (exact) mass is 102 g/mol. The quantitative estimate of drug-likeness (QED) is 0.452. The maximum atomic E-state index is 6.50. The van der Waals surface area contributed by atoms with Crippen molar-refractivity contribution in [2.45, 2.75) is 0 Å². The van der Waals surface area contributed by atoms with E-state index in [9.17, 15) is 0 Å². The number of nitrogens with zero attached hydrogens (tertiary/aromatic N) is 1. The van der Waals surface area contributed by atoms with Gasteiger partial charge in [-0.15, -0.1) is 0 Å². The van der Waals surface area contributed by atoms with E-state index < -0.39 is 0 Å². The van der Waals surface area contributed by atoms with Gasteiger partial charge in [0.1, 0.15) is 6.26 Å². The van der Waals surface area contributed by atoms with E-state index in [1.54, 1.807) is 12.3 Å². The average Bonchev–Trinajstić information content (AvgIpc) is 2.23. The molecule has 0 saturated heterocycles. The SMILES string of the molecule is NO.c1cnoc1. The number of hydrogen-bond donors (Lipinski definition) is 2. The molecule has 0 atom stereocenters. The molecule has 4 heteroatoms. The highest BCUT2D eigenvalue weighted by Gasteiger charge is 1.60. The molecule has 1 rings (SSSR count). The fourth-order valence-corrected chi connectivity index (χ4v) is 0.176. The van der Waals surface area contributed by atoms with Gasteiger partial charge in [-0.1, -0.05) is 5.16 Å². The Hall–Kier alpha value is -0.870. The van der Waals surface area contributed by atoms with Crippen LogP contribution in [0.25, 0.3) is 0 Å². The third-order valence-electron chi connectivity index (χ3n) is 0.347. The van der Waals surface area contributed by atoms with Gasteiger partial charge in [0.2, 0.25) is 0 Å². The Morgan fingerprint density at radius 1 is 1.57 bits per heavy atom. The summed E-state index contributed by atoms with van der Waals surface area (Å²) >= 11 is 0. The molecule has 0 aromatic carbocycles. The van der Waals surface area contributed by atoms with Crippen molar-refractivity contribution >= 4 is 0 Å². The number of aromatic nitrogens is 1. The Morgan fingerprint density at radius 2 is 2.29 bits per heavy atom. The first kappa shape index (κ1) is 6.13. The summed E-state index contributed by atoms with van der Waals surface area (Å²) in [6.45, 7) is 0. The molecule has 40 valence electrons. The topological polar surface area (TPSA) is 72.3 Å². The van der Waals surface area contributed by atoms with E-state index in [0.29, 0.717) is 0 Å². The van der Waals surface area contributed by atoms with Crippen LogP contribution in [0.15, 0.2) is 23.0 Å². The average molecular weight is 102 g/mol. The van der Waals surface area contributed by atoms with Crippen LogP contribution in [0, 0.1) is 0 Å². The molecule has 7 heavy (non-hydrogen) atoms. The van der Waals surface area contributed by atoms with Crippen LogP contribution in [0.1, 0.15) is 0 Å². The van der Waals surface area contributed by atoms with E-state index in [0.717, 1.165) is 0 Å². The van der Waals surface area contributed by atoms with Gasteiger partial charge < -0.3 is 9.73 Å². The molecule has 1 aromatic rings. The summed E-state index contributed by atoms with van der Waals surface area (Å²) in [7, 11) is 0. The Labute approximate surface area is 40.5 Å². The van der Waals surface area contributed by atoms with Crippen molar-refractivity contribution in [2.24, 2.45) is 5.90 Å². The van der Waals surface area contributed by atoms with Crippen molar-refractivity contribution in [3.05, 3.63) is 18.5 Å². The summed E-state index contributed by atoms with van der Waals surface area (Å²) in [5.41, 5.74) is 0. The van der Waals surface area contributed by atoms with Gasteiger partial charge in [-0.25, -0.2) is 5.90 Å². The Kier molecular flexibility index (Phi) is 4.49. The number of nitrogens with two attached hydrogens (primary N) is 1. The van der Waals surface area contributed by atoms with Crippen LogP contribution < -0.4 is 5.90 Å². The van der Waals surface area contributed by atoms with Gasteiger partial charge in [0.25, 0.3) is 0 Å². The highest BCUT2D eigenvalue weighted by molar-refractivity contribution is 4.67. The first-order valence-corrected chi connectivity index (χ1v) is 1.60. The van der Waals surface area contributed by atoms with E-state index in [2.05, 4.69) is 15.6 Å². The standard InChI is InChI=1S/C3H3NO.H3NO/c1-2-4-5-3-1;1-2/h1-3H;2H,1H2. The van der Waals surface area contributed by atoms with E-state index in [1.807, 2.05) is 0 Å². The van der Waals surface area contributed by atoms with Crippen molar-refractivity contribution in [1.29, 1.82) is 0 Å². The van der Waals surface area contributed by atoms with Gasteiger partial charge in [-0.3, -0.25) is 0 Å². The lowest BCUT2D eigenvalue weighted by Crippen LogP contribution is -1.72. The van der Waals surface area contributed by atoms with Crippen LogP contribution >= 0.6 is 0 Å². The van der Waals surface area contributed by atoms with Gasteiger partial charge in [0.05, 0.1) is 6.20 Å². The molecular weight excluding hydrogens is 96.0 g/mol. The third-order valence-corrected chi connectivity index (χ3v) is 0.347. The van der Waals surface area contributed by atoms with Gasteiger partial charge in [0, 0.05) is 0 Å². The van der Waals surface area contributed by atoms with Gasteiger partial charge in [-0.05, 0) is 6.07 Å². The number of hydrogen-bond acceptors (Lipinski definition) is 4. The van der Waals surface area contributed by atoms with Gasteiger partial charge in [-0.2, -0.15) is 0 Å². The van der Waals surface area contributed by atoms with E-state index in [1.165, 1.54) is 6.26 Å². The summed E-state index contributed by atoms with van der Waals surface area (Å²) in [5.74, 6) is 3.50. The van der Waals surface area contributed by atoms with Crippen molar-refractivity contribution in [3.8, 4) is 0 Å². The maximum Gasteiger partial charge on any atom is 0.123 e. The lowest BCUT2D eigenvalue weighted by molar-refractivity contribution is 0.311. The molecule has 0 radical (unpaired) electrons. The minimum atomic E-state index is 1.51. The zero-order chi connectivity index (χ0) is 5.54. The molecule has 0 aliphatic rings. The van der Waals surface area contributed by atoms with Crippen LogP contribution in [0.2, 0.25) is 0 Å². The van der Waals surface area contributed by atoms with Crippen molar-refractivity contribution in [3.63, 3.8) is 0 Å². The molecule has 0 spiro atoms. The summed E-state index contributed by atoms with van der Waals surface area (Å²) in [6.07, 6.45) is 3.10. The Morgan fingerprint density at radius 3 is 2.43 bits per heavy atom. The maximum absolute atomic E-state index is 6.50. The van der Waals surface area contributed by atoms with Crippen LogP contribution in [0.3, 0.4) is 0 Å². The second-order valence-corrected chi connectivity index (χ2v) is 0.688. The van der Waals surface area contributed by atoms with Gasteiger partial charge >= 0.3 is 0 Å². The predicted octanol–water partition coefficient (Wildman–Crippen LogP) is 0.00890. The molecule has 0 amide bonds. The highest BCUT2D eigenvalue weighted by Crippen LogP contribution is 1.72. The molecule has 0 fully saturated rings. The number of rotatable bonds is 0. The minimum absolute atomic E-state index is 1.51. The second kappa shape index (κ2) is 5.13. The molecule has 0 aliphatic carbocycles. The predicted molar refractivity (Wildman–Crippen MR) is 22.5 cm³/mol. The Bertz CT molecular complexity index is 67.4. The molecule has 1 heterocycles. The minimum Gasteiger partial charge on any atom is -0.365 e. The second-order valence-electron chi connectivity index (χ2n) is 0.688. The van der Waals surface area contributed by atoms with Crippen LogP contribution in [0.4, 0.5) is 0 Å². The van der Waals surface area contributed by atoms with Crippen LogP contribution in [-0.2, 0) is 0 Å². The third kappa shape index (κ3) is 2.95. The fourth-order valence-electron chi connectivity index (χ4n) is 0.176.